The number of halogens is 1. The van der Waals surface area contributed by atoms with Gasteiger partial charge in [0.1, 0.15) is 0 Å². The van der Waals surface area contributed by atoms with E-state index < -0.39 is 0 Å². The molecule has 90 valence electrons. The highest BCUT2D eigenvalue weighted by Gasteiger charge is 2.22. The van der Waals surface area contributed by atoms with Gasteiger partial charge in [-0.2, -0.15) is 0 Å². The summed E-state index contributed by atoms with van der Waals surface area (Å²) >= 11 is 3.61. The van der Waals surface area contributed by atoms with Crippen LogP contribution >= 0.6 is 15.9 Å². The quantitative estimate of drug-likeness (QED) is 0.900. The zero-order valence-electron chi connectivity index (χ0n) is 10.3. The molecule has 0 aliphatic rings. The van der Waals surface area contributed by atoms with Gasteiger partial charge in [-0.15, -0.1) is 0 Å². The maximum Gasteiger partial charge on any atom is 0.0253 e. The molecule has 2 aromatic carbocycles. The molecule has 2 rings (SSSR count). The van der Waals surface area contributed by atoms with E-state index in [1.165, 1.54) is 16.3 Å². The molecule has 0 saturated carbocycles. The van der Waals surface area contributed by atoms with Crippen molar-refractivity contribution in [2.75, 3.05) is 6.54 Å². The third-order valence-corrected chi connectivity index (χ3v) is 4.06. The van der Waals surface area contributed by atoms with Crippen LogP contribution in [0.4, 0.5) is 0 Å². The summed E-state index contributed by atoms with van der Waals surface area (Å²) in [4.78, 5) is 0. The standard InChI is InChI=1S/C15H18BrN/c1-15(2,9-10-17)13-7-8-14(16)12-6-4-3-5-11(12)13/h3-8H,9-10,17H2,1-2H3. The fourth-order valence-electron chi connectivity index (χ4n) is 2.35. The lowest BCUT2D eigenvalue weighted by Crippen LogP contribution is -2.22. The van der Waals surface area contributed by atoms with Crippen LogP contribution in [0.2, 0.25) is 0 Å². The number of rotatable bonds is 3. The van der Waals surface area contributed by atoms with Crippen LogP contribution < -0.4 is 5.73 Å². The van der Waals surface area contributed by atoms with Crippen molar-refractivity contribution in [1.29, 1.82) is 0 Å². The molecule has 0 unspecified atom stereocenters. The van der Waals surface area contributed by atoms with Crippen LogP contribution in [-0.2, 0) is 5.41 Å². The van der Waals surface area contributed by atoms with Gasteiger partial charge in [-0.3, -0.25) is 0 Å². The van der Waals surface area contributed by atoms with Crippen LogP contribution in [-0.4, -0.2) is 6.54 Å². The minimum atomic E-state index is 0.120. The number of hydrogen-bond donors (Lipinski definition) is 1. The van der Waals surface area contributed by atoms with Crippen molar-refractivity contribution >= 4 is 26.7 Å². The van der Waals surface area contributed by atoms with Gasteiger partial charge in [-0.25, -0.2) is 0 Å². The van der Waals surface area contributed by atoms with Crippen molar-refractivity contribution in [3.05, 3.63) is 46.4 Å². The molecule has 0 atom stereocenters. The fourth-order valence-corrected chi connectivity index (χ4v) is 2.83. The molecule has 0 fully saturated rings. The van der Waals surface area contributed by atoms with Crippen LogP contribution in [0, 0.1) is 0 Å². The highest BCUT2D eigenvalue weighted by molar-refractivity contribution is 9.10. The molecule has 0 aromatic heterocycles. The molecule has 0 saturated heterocycles. The summed E-state index contributed by atoms with van der Waals surface area (Å²) in [7, 11) is 0. The number of hydrogen-bond acceptors (Lipinski definition) is 1. The normalized spacial score (nSPS) is 12.0. The number of nitrogens with two attached hydrogens (primary N) is 1. The Balaban J connectivity index is 2.67. The number of fused-ring (bicyclic) bond motifs is 1. The van der Waals surface area contributed by atoms with Gasteiger partial charge in [0, 0.05) is 4.47 Å². The monoisotopic (exact) mass is 291 g/mol. The minimum absolute atomic E-state index is 0.120. The summed E-state index contributed by atoms with van der Waals surface area (Å²) in [5.74, 6) is 0. The zero-order chi connectivity index (χ0) is 12.5. The molecule has 0 radical (unpaired) electrons. The van der Waals surface area contributed by atoms with Crippen molar-refractivity contribution in [3.8, 4) is 0 Å². The number of benzene rings is 2. The maximum atomic E-state index is 5.72. The van der Waals surface area contributed by atoms with Gasteiger partial charge in [-0.05, 0) is 40.8 Å². The van der Waals surface area contributed by atoms with E-state index in [0.29, 0.717) is 0 Å². The first-order valence-electron chi connectivity index (χ1n) is 5.94. The SMILES string of the molecule is CC(C)(CCN)c1ccc(Br)c2ccccc12. The second-order valence-corrected chi connectivity index (χ2v) is 5.92. The highest BCUT2D eigenvalue weighted by Crippen LogP contribution is 2.35. The predicted molar refractivity (Wildman–Crippen MR) is 78.3 cm³/mol. The highest BCUT2D eigenvalue weighted by atomic mass is 79.9. The van der Waals surface area contributed by atoms with E-state index in [-0.39, 0.29) is 5.41 Å². The van der Waals surface area contributed by atoms with Crippen molar-refractivity contribution in [3.63, 3.8) is 0 Å². The Labute approximate surface area is 111 Å². The first-order chi connectivity index (χ1) is 8.06. The van der Waals surface area contributed by atoms with Gasteiger partial charge in [0.05, 0.1) is 0 Å². The Morgan fingerprint density at radius 2 is 1.71 bits per heavy atom. The van der Waals surface area contributed by atoms with Crippen molar-refractivity contribution in [2.45, 2.75) is 25.7 Å². The lowest BCUT2D eigenvalue weighted by Gasteiger charge is -2.26. The van der Waals surface area contributed by atoms with E-state index in [9.17, 15) is 0 Å². The minimum Gasteiger partial charge on any atom is -0.330 e. The van der Waals surface area contributed by atoms with Gasteiger partial charge in [0.2, 0.25) is 0 Å². The van der Waals surface area contributed by atoms with E-state index in [1.54, 1.807) is 0 Å². The molecule has 2 aromatic rings. The summed E-state index contributed by atoms with van der Waals surface area (Å²) in [5, 5.41) is 2.59. The lowest BCUT2D eigenvalue weighted by atomic mass is 9.79. The molecule has 0 aliphatic heterocycles. The zero-order valence-corrected chi connectivity index (χ0v) is 11.9. The Morgan fingerprint density at radius 3 is 2.35 bits per heavy atom. The van der Waals surface area contributed by atoms with Crippen LogP contribution in [0.15, 0.2) is 40.9 Å². The average Bonchev–Trinajstić information content (AvgIpc) is 2.29. The van der Waals surface area contributed by atoms with Gasteiger partial charge in [0.15, 0.2) is 0 Å². The summed E-state index contributed by atoms with van der Waals surface area (Å²) in [6.07, 6.45) is 0.999. The van der Waals surface area contributed by atoms with E-state index in [0.717, 1.165) is 17.4 Å². The first kappa shape index (κ1) is 12.6. The summed E-state index contributed by atoms with van der Waals surface area (Å²) in [6, 6.07) is 12.9. The summed E-state index contributed by atoms with van der Waals surface area (Å²) < 4.78 is 1.15. The van der Waals surface area contributed by atoms with Crippen LogP contribution in [0.5, 0.6) is 0 Å². The van der Waals surface area contributed by atoms with Crippen molar-refractivity contribution in [1.82, 2.24) is 0 Å². The summed E-state index contributed by atoms with van der Waals surface area (Å²) in [5.41, 5.74) is 7.21. The molecule has 17 heavy (non-hydrogen) atoms. The van der Waals surface area contributed by atoms with E-state index in [4.69, 9.17) is 5.73 Å². The summed E-state index contributed by atoms with van der Waals surface area (Å²) in [6.45, 7) is 5.24. The lowest BCUT2D eigenvalue weighted by molar-refractivity contribution is 0.491. The Morgan fingerprint density at radius 1 is 1.06 bits per heavy atom. The molecular formula is C15H18BrN. The Kier molecular flexibility index (Phi) is 3.55. The first-order valence-corrected chi connectivity index (χ1v) is 6.73. The Bertz CT molecular complexity index is 531. The molecule has 2 N–H and O–H groups in total. The molecular weight excluding hydrogens is 274 g/mol. The molecule has 1 nitrogen and oxygen atoms in total. The molecule has 0 amide bonds. The topological polar surface area (TPSA) is 26.0 Å². The van der Waals surface area contributed by atoms with Gasteiger partial charge >= 0.3 is 0 Å². The maximum absolute atomic E-state index is 5.72. The molecule has 0 heterocycles. The smallest absolute Gasteiger partial charge is 0.0253 e. The fraction of sp³-hybridized carbons (Fsp3) is 0.333. The van der Waals surface area contributed by atoms with E-state index >= 15 is 0 Å². The van der Waals surface area contributed by atoms with Gasteiger partial charge in [0.25, 0.3) is 0 Å². The second kappa shape index (κ2) is 4.79. The average molecular weight is 292 g/mol. The molecule has 0 spiro atoms. The third-order valence-electron chi connectivity index (χ3n) is 3.37. The van der Waals surface area contributed by atoms with Gasteiger partial charge < -0.3 is 5.73 Å². The molecule has 0 aliphatic carbocycles. The van der Waals surface area contributed by atoms with Crippen molar-refractivity contribution < 1.29 is 0 Å². The van der Waals surface area contributed by atoms with Crippen LogP contribution in [0.25, 0.3) is 10.8 Å². The predicted octanol–water partition coefficient (Wildman–Crippen LogP) is 4.23. The van der Waals surface area contributed by atoms with Crippen LogP contribution in [0.3, 0.4) is 0 Å². The molecule has 0 bridgehead atoms. The molecule has 2 heteroatoms. The van der Waals surface area contributed by atoms with E-state index in [1.807, 2.05) is 0 Å². The van der Waals surface area contributed by atoms with Crippen molar-refractivity contribution in [2.24, 2.45) is 5.73 Å². The van der Waals surface area contributed by atoms with Gasteiger partial charge in [-0.1, -0.05) is 60.1 Å². The second-order valence-electron chi connectivity index (χ2n) is 5.06. The largest absolute Gasteiger partial charge is 0.330 e. The van der Waals surface area contributed by atoms with Crippen LogP contribution in [0.1, 0.15) is 25.8 Å². The Hall–Kier alpha value is -0.860. The van der Waals surface area contributed by atoms with E-state index in [2.05, 4.69) is 66.2 Å². The third kappa shape index (κ3) is 2.38.